The van der Waals surface area contributed by atoms with Crippen LogP contribution in [0.5, 0.6) is 0 Å². The fourth-order valence-electron chi connectivity index (χ4n) is 4.60. The van der Waals surface area contributed by atoms with Crippen LogP contribution in [0.25, 0.3) is 0 Å². The van der Waals surface area contributed by atoms with Gasteiger partial charge in [-0.1, -0.05) is 27.7 Å². The van der Waals surface area contributed by atoms with Gasteiger partial charge in [0.05, 0.1) is 32.9 Å². The van der Waals surface area contributed by atoms with Crippen LogP contribution >= 0.6 is 0 Å². The molecule has 4 heteroatoms. The van der Waals surface area contributed by atoms with Crippen LogP contribution in [-0.4, -0.2) is 56.5 Å². The molecule has 0 aromatic carbocycles. The Morgan fingerprint density at radius 2 is 1.96 bits per heavy atom. The maximum absolute atomic E-state index is 12.0. The number of esters is 1. The molecule has 2 bridgehead atoms. The van der Waals surface area contributed by atoms with Crippen molar-refractivity contribution in [3.05, 3.63) is 0 Å². The van der Waals surface area contributed by atoms with Gasteiger partial charge in [-0.05, 0) is 49.4 Å². The summed E-state index contributed by atoms with van der Waals surface area (Å²) in [4.78, 5) is 12.0. The third-order valence-electron chi connectivity index (χ3n) is 7.19. The van der Waals surface area contributed by atoms with E-state index < -0.39 is 0 Å². The maximum Gasteiger partial charge on any atom is 0.362 e. The monoisotopic (exact) mass is 340 g/mol. The summed E-state index contributed by atoms with van der Waals surface area (Å²) in [5.41, 5.74) is 0.701. The third kappa shape index (κ3) is 3.80. The van der Waals surface area contributed by atoms with Gasteiger partial charge in [-0.25, -0.2) is 4.79 Å². The Balaban J connectivity index is 1.78. The summed E-state index contributed by atoms with van der Waals surface area (Å²) in [6, 6.07) is 0. The highest BCUT2D eigenvalue weighted by atomic mass is 16.5. The summed E-state index contributed by atoms with van der Waals surface area (Å²) in [7, 11) is 4.15. The second kappa shape index (κ2) is 6.95. The Hall–Kier alpha value is -0.610. The predicted molar refractivity (Wildman–Crippen MR) is 96.7 cm³/mol. The van der Waals surface area contributed by atoms with E-state index in [1.807, 2.05) is 13.8 Å². The Morgan fingerprint density at radius 3 is 2.46 bits per heavy atom. The molecule has 2 aliphatic carbocycles. The number of fused-ring (bicyclic) bond motifs is 2. The van der Waals surface area contributed by atoms with Gasteiger partial charge in [0.25, 0.3) is 0 Å². The predicted octanol–water partition coefficient (Wildman–Crippen LogP) is 3.64. The first-order chi connectivity index (χ1) is 11.0. The third-order valence-corrected chi connectivity index (χ3v) is 7.19. The average Bonchev–Trinajstić information content (AvgIpc) is 2.79. The Kier molecular flexibility index (Phi) is 5.71. The van der Waals surface area contributed by atoms with E-state index in [4.69, 9.17) is 9.47 Å². The Morgan fingerprint density at radius 1 is 1.29 bits per heavy atom. The number of hydrogen-bond donors (Lipinski definition) is 0. The Labute approximate surface area is 148 Å². The number of quaternary nitrogens is 1. The van der Waals surface area contributed by atoms with Crippen LogP contribution in [0.4, 0.5) is 0 Å². The number of carbonyl (C=O) groups excluding carboxylic acids is 1. The molecule has 2 rings (SSSR count). The summed E-state index contributed by atoms with van der Waals surface area (Å²) in [5.74, 6) is 0.697. The first-order valence-corrected chi connectivity index (χ1v) is 9.65. The molecule has 140 valence electrons. The maximum atomic E-state index is 12.0. The van der Waals surface area contributed by atoms with Gasteiger partial charge < -0.3 is 14.0 Å². The van der Waals surface area contributed by atoms with Crippen LogP contribution in [0.15, 0.2) is 0 Å². The van der Waals surface area contributed by atoms with E-state index in [-0.39, 0.29) is 12.1 Å². The van der Waals surface area contributed by atoms with Gasteiger partial charge in [0, 0.05) is 0 Å². The minimum absolute atomic E-state index is 0.00460. The standard InChI is InChI=1S/C20H38NO3/c1-8-15(2)24-18(22)14-21(6,7)11-12-23-17-13-16-9-10-20(17,5)19(16,3)4/h15-17H,8-14H2,1-7H3/q+1/t15-,16+,17+,20-/m1/s1. The van der Waals surface area contributed by atoms with Crippen molar-refractivity contribution in [1.82, 2.24) is 0 Å². The van der Waals surface area contributed by atoms with Crippen LogP contribution < -0.4 is 0 Å². The highest BCUT2D eigenvalue weighted by Crippen LogP contribution is 2.66. The number of rotatable bonds is 8. The lowest BCUT2D eigenvalue weighted by atomic mass is 9.70. The van der Waals surface area contributed by atoms with Gasteiger partial charge >= 0.3 is 5.97 Å². The van der Waals surface area contributed by atoms with Crippen LogP contribution in [-0.2, 0) is 14.3 Å². The van der Waals surface area contributed by atoms with Crippen LogP contribution in [0, 0.1) is 16.7 Å². The van der Waals surface area contributed by atoms with Crippen molar-refractivity contribution in [2.45, 2.75) is 72.5 Å². The summed E-state index contributed by atoms with van der Waals surface area (Å²) >= 11 is 0. The molecular weight excluding hydrogens is 302 g/mol. The second-order valence-corrected chi connectivity index (χ2v) is 9.50. The second-order valence-electron chi connectivity index (χ2n) is 9.50. The average molecular weight is 341 g/mol. The molecular formula is C20H38NO3+. The molecule has 2 saturated carbocycles. The molecule has 0 aliphatic heterocycles. The van der Waals surface area contributed by atoms with E-state index in [1.54, 1.807) is 0 Å². The fraction of sp³-hybridized carbons (Fsp3) is 0.950. The lowest BCUT2D eigenvalue weighted by Gasteiger charge is -2.39. The summed E-state index contributed by atoms with van der Waals surface area (Å²) in [6.07, 6.45) is 5.08. The van der Waals surface area contributed by atoms with E-state index in [0.717, 1.165) is 18.9 Å². The molecule has 4 atom stereocenters. The molecule has 0 N–H and O–H groups in total. The molecule has 0 amide bonds. The van der Waals surface area contributed by atoms with Crippen LogP contribution in [0.1, 0.15) is 60.3 Å². The van der Waals surface area contributed by atoms with Crippen molar-refractivity contribution >= 4 is 5.97 Å². The summed E-state index contributed by atoms with van der Waals surface area (Å²) < 4.78 is 12.3. The zero-order valence-electron chi connectivity index (χ0n) is 16.9. The van der Waals surface area contributed by atoms with Crippen molar-refractivity contribution in [1.29, 1.82) is 0 Å². The first kappa shape index (κ1) is 19.7. The number of hydrogen-bond acceptors (Lipinski definition) is 3. The summed E-state index contributed by atoms with van der Waals surface area (Å²) in [6.45, 7) is 13.2. The van der Waals surface area contributed by atoms with Crippen LogP contribution in [0.3, 0.4) is 0 Å². The van der Waals surface area contributed by atoms with E-state index >= 15 is 0 Å². The molecule has 0 aromatic heterocycles. The first-order valence-electron chi connectivity index (χ1n) is 9.65. The topological polar surface area (TPSA) is 35.5 Å². The van der Waals surface area contributed by atoms with E-state index in [9.17, 15) is 4.79 Å². The van der Waals surface area contributed by atoms with E-state index in [2.05, 4.69) is 34.9 Å². The van der Waals surface area contributed by atoms with E-state index in [0.29, 0.717) is 34.6 Å². The molecule has 0 saturated heterocycles. The summed E-state index contributed by atoms with van der Waals surface area (Å²) in [5, 5.41) is 0. The fourth-order valence-corrected chi connectivity index (χ4v) is 4.60. The number of likely N-dealkylation sites (N-methyl/N-ethyl adjacent to an activating group) is 1. The quantitative estimate of drug-likeness (QED) is 0.500. The smallest absolute Gasteiger partial charge is 0.362 e. The molecule has 2 fully saturated rings. The lowest BCUT2D eigenvalue weighted by molar-refractivity contribution is -0.883. The molecule has 0 aromatic rings. The van der Waals surface area contributed by atoms with Gasteiger partial charge in [0.1, 0.15) is 6.54 Å². The van der Waals surface area contributed by atoms with Gasteiger partial charge in [-0.3, -0.25) is 0 Å². The molecule has 0 spiro atoms. The molecule has 0 radical (unpaired) electrons. The van der Waals surface area contributed by atoms with Crippen LogP contribution in [0.2, 0.25) is 0 Å². The van der Waals surface area contributed by atoms with Crippen molar-refractivity contribution in [2.75, 3.05) is 33.8 Å². The number of carbonyl (C=O) groups is 1. The zero-order chi connectivity index (χ0) is 18.2. The molecule has 0 heterocycles. The van der Waals surface area contributed by atoms with Gasteiger partial charge in [0.15, 0.2) is 6.54 Å². The van der Waals surface area contributed by atoms with Gasteiger partial charge in [0.2, 0.25) is 0 Å². The molecule has 4 nitrogen and oxygen atoms in total. The minimum atomic E-state index is -0.109. The lowest BCUT2D eigenvalue weighted by Crippen LogP contribution is -2.48. The van der Waals surface area contributed by atoms with Crippen molar-refractivity contribution in [3.8, 4) is 0 Å². The number of ether oxygens (including phenoxy) is 2. The van der Waals surface area contributed by atoms with E-state index in [1.165, 1.54) is 19.3 Å². The molecule has 2 aliphatic rings. The zero-order valence-corrected chi connectivity index (χ0v) is 16.9. The van der Waals surface area contributed by atoms with Crippen molar-refractivity contribution < 1.29 is 18.8 Å². The molecule has 24 heavy (non-hydrogen) atoms. The largest absolute Gasteiger partial charge is 0.459 e. The van der Waals surface area contributed by atoms with Crippen molar-refractivity contribution in [2.24, 2.45) is 16.7 Å². The van der Waals surface area contributed by atoms with Gasteiger partial charge in [-0.15, -0.1) is 0 Å². The normalized spacial score (nSPS) is 32.8. The molecule has 0 unspecified atom stereocenters. The van der Waals surface area contributed by atoms with Gasteiger partial charge in [-0.2, -0.15) is 0 Å². The highest BCUT2D eigenvalue weighted by molar-refractivity contribution is 5.70. The SMILES string of the molecule is CC[C@@H](C)OC(=O)C[N+](C)(C)CCO[C@H]1C[C@@H]2CC[C@@]1(C)C2(C)C. The highest BCUT2D eigenvalue weighted by Gasteiger charge is 2.61. The minimum Gasteiger partial charge on any atom is -0.459 e. The van der Waals surface area contributed by atoms with Crippen molar-refractivity contribution in [3.63, 3.8) is 0 Å². The Bertz CT molecular complexity index is 460. The number of nitrogens with zero attached hydrogens (tertiary/aromatic N) is 1.